The number of hydrogen-bond donors (Lipinski definition) is 1. The summed E-state index contributed by atoms with van der Waals surface area (Å²) < 4.78 is 11.0. The molecular weight excluding hydrogens is 252 g/mol. The molecule has 20 heavy (non-hydrogen) atoms. The first-order chi connectivity index (χ1) is 9.74. The topological polar surface area (TPSA) is 33.7 Å². The van der Waals surface area contributed by atoms with Gasteiger partial charge in [0.15, 0.2) is 0 Å². The summed E-state index contributed by atoms with van der Waals surface area (Å²) >= 11 is 0. The average molecular weight is 278 g/mol. The number of hydrogen-bond acceptors (Lipinski definition) is 4. The molecule has 1 fully saturated rings. The first kappa shape index (κ1) is 15.3. The molecule has 4 nitrogen and oxygen atoms in total. The first-order valence-corrected chi connectivity index (χ1v) is 7.36. The van der Waals surface area contributed by atoms with Crippen LogP contribution in [0, 0.1) is 6.92 Å². The third-order valence-electron chi connectivity index (χ3n) is 3.86. The molecule has 2 rings (SSSR count). The van der Waals surface area contributed by atoms with Gasteiger partial charge in [0.2, 0.25) is 0 Å². The van der Waals surface area contributed by atoms with Crippen molar-refractivity contribution in [1.82, 2.24) is 10.2 Å². The highest BCUT2D eigenvalue weighted by Crippen LogP contribution is 2.27. The van der Waals surface area contributed by atoms with Crippen molar-refractivity contribution in [2.45, 2.75) is 19.4 Å². The number of nitrogens with zero attached hydrogens (tertiary/aromatic N) is 1. The van der Waals surface area contributed by atoms with Crippen LogP contribution in [0.25, 0.3) is 0 Å². The molecule has 0 spiro atoms. The molecule has 1 aliphatic rings. The van der Waals surface area contributed by atoms with Crippen LogP contribution in [-0.2, 0) is 4.74 Å². The summed E-state index contributed by atoms with van der Waals surface area (Å²) in [5.74, 6) is 0.959. The highest BCUT2D eigenvalue weighted by Gasteiger charge is 2.19. The minimum Gasteiger partial charge on any atom is -0.496 e. The van der Waals surface area contributed by atoms with E-state index in [9.17, 15) is 0 Å². The largest absolute Gasteiger partial charge is 0.496 e. The van der Waals surface area contributed by atoms with Crippen molar-refractivity contribution < 1.29 is 9.47 Å². The molecule has 0 bridgehead atoms. The Kier molecular flexibility index (Phi) is 5.83. The standard InChI is InChI=1S/C16H26N2O2/c1-13-5-6-16(19-3)14(11-13)15(17-2)12-18-7-4-9-20-10-8-18/h5-6,11,15,17H,4,7-10,12H2,1-3H3. The van der Waals surface area contributed by atoms with E-state index in [-0.39, 0.29) is 6.04 Å². The Morgan fingerprint density at radius 3 is 2.95 bits per heavy atom. The molecule has 4 heteroatoms. The van der Waals surface area contributed by atoms with Gasteiger partial charge in [0.25, 0.3) is 0 Å². The fraction of sp³-hybridized carbons (Fsp3) is 0.625. The van der Waals surface area contributed by atoms with Gasteiger partial charge in [0.05, 0.1) is 13.7 Å². The average Bonchev–Trinajstić information content (AvgIpc) is 2.73. The van der Waals surface area contributed by atoms with E-state index in [4.69, 9.17) is 9.47 Å². The maximum atomic E-state index is 5.52. The quantitative estimate of drug-likeness (QED) is 0.893. The van der Waals surface area contributed by atoms with E-state index < -0.39 is 0 Å². The predicted octanol–water partition coefficient (Wildman–Crippen LogP) is 1.99. The number of ether oxygens (including phenoxy) is 2. The van der Waals surface area contributed by atoms with Crippen LogP contribution in [0.4, 0.5) is 0 Å². The summed E-state index contributed by atoms with van der Waals surface area (Å²) in [5, 5.41) is 3.43. The Morgan fingerprint density at radius 2 is 2.20 bits per heavy atom. The molecular formula is C16H26N2O2. The fourth-order valence-electron chi connectivity index (χ4n) is 2.71. The van der Waals surface area contributed by atoms with Crippen molar-refractivity contribution >= 4 is 0 Å². The monoisotopic (exact) mass is 278 g/mol. The Bertz CT molecular complexity index is 415. The molecule has 112 valence electrons. The zero-order valence-corrected chi connectivity index (χ0v) is 12.8. The van der Waals surface area contributed by atoms with Crippen LogP contribution in [0.2, 0.25) is 0 Å². The van der Waals surface area contributed by atoms with E-state index in [1.54, 1.807) is 7.11 Å². The normalized spacial score (nSPS) is 18.6. The third kappa shape index (κ3) is 3.95. The molecule has 1 N–H and O–H groups in total. The molecule has 0 aromatic heterocycles. The molecule has 1 saturated heterocycles. The van der Waals surface area contributed by atoms with Gasteiger partial charge in [-0.2, -0.15) is 0 Å². The fourth-order valence-corrected chi connectivity index (χ4v) is 2.71. The van der Waals surface area contributed by atoms with Crippen LogP contribution >= 0.6 is 0 Å². The highest BCUT2D eigenvalue weighted by atomic mass is 16.5. The lowest BCUT2D eigenvalue weighted by molar-refractivity contribution is 0.139. The maximum absolute atomic E-state index is 5.52. The van der Waals surface area contributed by atoms with Crippen molar-refractivity contribution in [1.29, 1.82) is 0 Å². The summed E-state index contributed by atoms with van der Waals surface area (Å²) in [5.41, 5.74) is 2.50. The van der Waals surface area contributed by atoms with Crippen LogP contribution in [0.3, 0.4) is 0 Å². The van der Waals surface area contributed by atoms with Gasteiger partial charge in [-0.3, -0.25) is 4.90 Å². The van der Waals surface area contributed by atoms with Gasteiger partial charge >= 0.3 is 0 Å². The van der Waals surface area contributed by atoms with E-state index in [2.05, 4.69) is 35.3 Å². The lowest BCUT2D eigenvalue weighted by atomic mass is 10.0. The molecule has 1 unspecified atom stereocenters. The minimum atomic E-state index is 0.281. The van der Waals surface area contributed by atoms with E-state index in [1.807, 2.05) is 7.05 Å². The van der Waals surface area contributed by atoms with Gasteiger partial charge < -0.3 is 14.8 Å². The van der Waals surface area contributed by atoms with Gasteiger partial charge in [-0.1, -0.05) is 17.7 Å². The third-order valence-corrected chi connectivity index (χ3v) is 3.86. The van der Waals surface area contributed by atoms with Gasteiger partial charge in [-0.05, 0) is 26.5 Å². The maximum Gasteiger partial charge on any atom is 0.123 e. The van der Waals surface area contributed by atoms with Crippen LogP contribution < -0.4 is 10.1 Å². The number of nitrogens with one attached hydrogen (secondary N) is 1. The number of methoxy groups -OCH3 is 1. The molecule has 0 saturated carbocycles. The second kappa shape index (κ2) is 7.62. The number of benzene rings is 1. The summed E-state index contributed by atoms with van der Waals surface area (Å²) in [7, 11) is 3.75. The van der Waals surface area contributed by atoms with Crippen molar-refractivity contribution in [3.63, 3.8) is 0 Å². The Morgan fingerprint density at radius 1 is 1.35 bits per heavy atom. The van der Waals surface area contributed by atoms with Crippen LogP contribution in [0.1, 0.15) is 23.6 Å². The highest BCUT2D eigenvalue weighted by molar-refractivity contribution is 5.39. The zero-order valence-electron chi connectivity index (χ0n) is 12.8. The molecule has 1 aromatic rings. The SMILES string of the molecule is CNC(CN1CCCOCC1)c1cc(C)ccc1OC. The molecule has 1 atom stereocenters. The molecule has 1 aliphatic heterocycles. The number of aryl methyl sites for hydroxylation is 1. The Balaban J connectivity index is 2.12. The van der Waals surface area contributed by atoms with Gasteiger partial charge in [0, 0.05) is 37.8 Å². The summed E-state index contributed by atoms with van der Waals surface area (Å²) in [4.78, 5) is 2.47. The smallest absolute Gasteiger partial charge is 0.123 e. The molecule has 1 aromatic carbocycles. The summed E-state index contributed by atoms with van der Waals surface area (Å²) in [6, 6.07) is 6.65. The zero-order chi connectivity index (χ0) is 14.4. The molecule has 0 amide bonds. The van der Waals surface area contributed by atoms with E-state index in [0.717, 1.165) is 45.0 Å². The summed E-state index contributed by atoms with van der Waals surface area (Å²) in [6.45, 7) is 6.93. The first-order valence-electron chi connectivity index (χ1n) is 7.36. The van der Waals surface area contributed by atoms with Gasteiger partial charge in [-0.25, -0.2) is 0 Å². The van der Waals surface area contributed by atoms with E-state index >= 15 is 0 Å². The molecule has 1 heterocycles. The number of likely N-dealkylation sites (N-methyl/N-ethyl adjacent to an activating group) is 1. The van der Waals surface area contributed by atoms with Crippen LogP contribution in [0.5, 0.6) is 5.75 Å². The Labute approximate surface area is 122 Å². The summed E-state index contributed by atoms with van der Waals surface area (Å²) in [6.07, 6.45) is 1.11. The van der Waals surface area contributed by atoms with Crippen LogP contribution in [-0.4, -0.2) is 51.9 Å². The number of rotatable bonds is 5. The lowest BCUT2D eigenvalue weighted by Crippen LogP contribution is -2.35. The van der Waals surface area contributed by atoms with Crippen molar-refractivity contribution in [2.24, 2.45) is 0 Å². The second-order valence-corrected chi connectivity index (χ2v) is 5.35. The van der Waals surface area contributed by atoms with E-state index in [1.165, 1.54) is 11.1 Å². The van der Waals surface area contributed by atoms with Gasteiger partial charge in [0.1, 0.15) is 5.75 Å². The van der Waals surface area contributed by atoms with Crippen molar-refractivity contribution in [3.8, 4) is 5.75 Å². The lowest BCUT2D eigenvalue weighted by Gasteiger charge is -2.27. The predicted molar refractivity (Wildman–Crippen MR) is 81.4 cm³/mol. The van der Waals surface area contributed by atoms with E-state index in [0.29, 0.717) is 0 Å². The minimum absolute atomic E-state index is 0.281. The molecule has 0 radical (unpaired) electrons. The Hall–Kier alpha value is -1.10. The molecule has 0 aliphatic carbocycles. The van der Waals surface area contributed by atoms with Crippen molar-refractivity contribution in [2.75, 3.05) is 47.0 Å². The van der Waals surface area contributed by atoms with Crippen molar-refractivity contribution in [3.05, 3.63) is 29.3 Å². The van der Waals surface area contributed by atoms with Crippen LogP contribution in [0.15, 0.2) is 18.2 Å². The second-order valence-electron chi connectivity index (χ2n) is 5.35. The van der Waals surface area contributed by atoms with Gasteiger partial charge in [-0.15, -0.1) is 0 Å².